The second-order valence-electron chi connectivity index (χ2n) is 5.85. The van der Waals surface area contributed by atoms with Crippen LogP contribution in [0, 0.1) is 0 Å². The highest BCUT2D eigenvalue weighted by atomic mass is 35.5. The summed E-state index contributed by atoms with van der Waals surface area (Å²) in [6.45, 7) is 1.18. The molecule has 0 unspecified atom stereocenters. The summed E-state index contributed by atoms with van der Waals surface area (Å²) in [5.41, 5.74) is 0.166. The molecule has 154 valence electrons. The zero-order valence-corrected chi connectivity index (χ0v) is 16.2. The van der Waals surface area contributed by atoms with Gasteiger partial charge in [-0.2, -0.15) is 22.8 Å². The SMILES string of the molecule is CCOC(=O)c1cnn2c(N(Cc3ccc(OC)cc3)C(F)(F)F)cc(Cl)nc12. The van der Waals surface area contributed by atoms with Crippen LogP contribution in [0.2, 0.25) is 5.15 Å². The highest BCUT2D eigenvalue weighted by Crippen LogP contribution is 2.32. The first-order valence-electron chi connectivity index (χ1n) is 8.43. The number of halogens is 4. The third kappa shape index (κ3) is 4.37. The monoisotopic (exact) mass is 428 g/mol. The molecule has 0 atom stereocenters. The Morgan fingerprint density at radius 2 is 1.97 bits per heavy atom. The van der Waals surface area contributed by atoms with Gasteiger partial charge in [-0.05, 0) is 24.6 Å². The molecule has 0 fully saturated rings. The van der Waals surface area contributed by atoms with E-state index >= 15 is 0 Å². The first kappa shape index (κ1) is 20.7. The molecule has 2 heterocycles. The van der Waals surface area contributed by atoms with Gasteiger partial charge in [0.15, 0.2) is 5.65 Å². The molecule has 0 aliphatic carbocycles. The van der Waals surface area contributed by atoms with Crippen molar-refractivity contribution in [3.63, 3.8) is 0 Å². The number of hydrogen-bond donors (Lipinski definition) is 0. The van der Waals surface area contributed by atoms with E-state index in [4.69, 9.17) is 21.1 Å². The van der Waals surface area contributed by atoms with Crippen LogP contribution in [0.3, 0.4) is 0 Å². The van der Waals surface area contributed by atoms with Crippen LogP contribution >= 0.6 is 11.6 Å². The molecule has 0 saturated carbocycles. The van der Waals surface area contributed by atoms with Crippen molar-refractivity contribution >= 4 is 29.0 Å². The number of hydrogen-bond acceptors (Lipinski definition) is 6. The zero-order valence-electron chi connectivity index (χ0n) is 15.4. The topological polar surface area (TPSA) is 69.0 Å². The van der Waals surface area contributed by atoms with Crippen molar-refractivity contribution in [2.75, 3.05) is 18.6 Å². The highest BCUT2D eigenvalue weighted by Gasteiger charge is 2.39. The zero-order chi connectivity index (χ0) is 21.2. The average Bonchev–Trinajstić information content (AvgIpc) is 3.09. The molecule has 0 bridgehead atoms. The summed E-state index contributed by atoms with van der Waals surface area (Å²) in [5.74, 6) is -0.622. The van der Waals surface area contributed by atoms with Gasteiger partial charge < -0.3 is 9.47 Å². The third-order valence-electron chi connectivity index (χ3n) is 4.00. The van der Waals surface area contributed by atoms with Gasteiger partial charge in [-0.3, -0.25) is 4.90 Å². The van der Waals surface area contributed by atoms with Crippen LogP contribution in [0.1, 0.15) is 22.8 Å². The number of carbonyl (C=O) groups is 1. The molecule has 0 N–H and O–H groups in total. The van der Waals surface area contributed by atoms with Gasteiger partial charge in [-0.25, -0.2) is 9.78 Å². The van der Waals surface area contributed by atoms with Crippen molar-refractivity contribution in [1.82, 2.24) is 14.6 Å². The number of alkyl halides is 3. The number of aromatic nitrogens is 3. The largest absolute Gasteiger partial charge is 0.497 e. The number of ether oxygens (including phenoxy) is 2. The van der Waals surface area contributed by atoms with Crippen molar-refractivity contribution in [3.05, 3.63) is 52.8 Å². The molecule has 0 radical (unpaired) electrons. The summed E-state index contributed by atoms with van der Waals surface area (Å²) >= 11 is 5.96. The van der Waals surface area contributed by atoms with Crippen LogP contribution in [-0.2, 0) is 11.3 Å². The highest BCUT2D eigenvalue weighted by molar-refractivity contribution is 6.29. The van der Waals surface area contributed by atoms with Gasteiger partial charge in [0.05, 0.1) is 26.5 Å². The summed E-state index contributed by atoms with van der Waals surface area (Å²) in [6.07, 6.45) is -3.66. The maximum absolute atomic E-state index is 13.9. The second-order valence-corrected chi connectivity index (χ2v) is 6.24. The van der Waals surface area contributed by atoms with E-state index in [1.807, 2.05) is 0 Å². The van der Waals surface area contributed by atoms with Crippen LogP contribution < -0.4 is 9.64 Å². The standard InChI is InChI=1S/C18H16ClF3N4O3/c1-3-29-17(27)13-9-23-26-15(8-14(19)24-16(13)26)25(18(20,21)22)10-11-4-6-12(28-2)7-5-11/h4-9H,3,10H2,1-2H3. The van der Waals surface area contributed by atoms with Gasteiger partial charge in [0.25, 0.3) is 0 Å². The van der Waals surface area contributed by atoms with E-state index in [1.54, 1.807) is 19.1 Å². The molecule has 0 spiro atoms. The van der Waals surface area contributed by atoms with Crippen LogP contribution in [-0.4, -0.2) is 40.6 Å². The van der Waals surface area contributed by atoms with Gasteiger partial charge in [-0.15, -0.1) is 0 Å². The van der Waals surface area contributed by atoms with E-state index < -0.39 is 18.8 Å². The Balaban J connectivity index is 2.09. The van der Waals surface area contributed by atoms with E-state index in [9.17, 15) is 18.0 Å². The van der Waals surface area contributed by atoms with Gasteiger partial charge in [0.1, 0.15) is 22.3 Å². The van der Waals surface area contributed by atoms with Gasteiger partial charge in [0, 0.05) is 6.07 Å². The fraction of sp³-hybridized carbons (Fsp3) is 0.278. The minimum atomic E-state index is -4.76. The number of benzene rings is 1. The van der Waals surface area contributed by atoms with E-state index in [-0.39, 0.29) is 33.7 Å². The van der Waals surface area contributed by atoms with E-state index in [0.29, 0.717) is 11.3 Å². The lowest BCUT2D eigenvalue weighted by Crippen LogP contribution is -2.39. The maximum Gasteiger partial charge on any atom is 0.486 e. The molecule has 3 aromatic rings. The lowest BCUT2D eigenvalue weighted by molar-refractivity contribution is -0.131. The number of nitrogens with zero attached hydrogens (tertiary/aromatic N) is 4. The molecule has 11 heteroatoms. The molecular weight excluding hydrogens is 413 g/mol. The van der Waals surface area contributed by atoms with Crippen molar-refractivity contribution < 1.29 is 27.4 Å². The second kappa shape index (κ2) is 8.16. The van der Waals surface area contributed by atoms with Crippen LogP contribution in [0.15, 0.2) is 36.5 Å². The molecule has 0 saturated heterocycles. The number of fused-ring (bicyclic) bond motifs is 1. The maximum atomic E-state index is 13.9. The third-order valence-corrected chi connectivity index (χ3v) is 4.19. The molecule has 3 rings (SSSR count). The molecule has 0 aliphatic heterocycles. The summed E-state index contributed by atoms with van der Waals surface area (Å²) in [7, 11) is 1.46. The van der Waals surface area contributed by atoms with Gasteiger partial charge in [-0.1, -0.05) is 23.7 Å². The smallest absolute Gasteiger partial charge is 0.486 e. The Hall–Kier alpha value is -3.01. The Morgan fingerprint density at radius 3 is 2.55 bits per heavy atom. The number of carbonyl (C=O) groups excluding carboxylic acids is 1. The first-order chi connectivity index (χ1) is 13.7. The molecule has 1 aromatic carbocycles. The number of anilines is 1. The fourth-order valence-corrected chi connectivity index (χ4v) is 2.86. The van der Waals surface area contributed by atoms with Crippen LogP contribution in [0.5, 0.6) is 5.75 Å². The minimum absolute atomic E-state index is 0.0813. The van der Waals surface area contributed by atoms with Gasteiger partial charge in [0.2, 0.25) is 0 Å². The Kier molecular flexibility index (Phi) is 5.83. The first-order valence-corrected chi connectivity index (χ1v) is 8.81. The normalized spacial score (nSPS) is 11.5. The van der Waals surface area contributed by atoms with Crippen LogP contribution in [0.25, 0.3) is 5.65 Å². The van der Waals surface area contributed by atoms with Crippen molar-refractivity contribution in [2.24, 2.45) is 0 Å². The van der Waals surface area contributed by atoms with E-state index in [2.05, 4.69) is 10.1 Å². The molecular formula is C18H16ClF3N4O3. The summed E-state index contributed by atoms with van der Waals surface area (Å²) in [4.78, 5) is 16.2. The quantitative estimate of drug-likeness (QED) is 0.334. The molecule has 7 nitrogen and oxygen atoms in total. The average molecular weight is 429 g/mol. The summed E-state index contributed by atoms with van der Waals surface area (Å²) in [5, 5.41) is 3.68. The molecule has 2 aromatic heterocycles. The predicted octanol–water partition coefficient (Wildman–Crippen LogP) is 4.09. The van der Waals surface area contributed by atoms with Gasteiger partial charge >= 0.3 is 12.3 Å². The van der Waals surface area contributed by atoms with Crippen molar-refractivity contribution in [1.29, 1.82) is 0 Å². The Bertz CT molecular complexity index is 1020. The summed E-state index contributed by atoms with van der Waals surface area (Å²) < 4.78 is 52.5. The number of rotatable bonds is 6. The lowest BCUT2D eigenvalue weighted by atomic mass is 10.2. The predicted molar refractivity (Wildman–Crippen MR) is 99.2 cm³/mol. The minimum Gasteiger partial charge on any atom is -0.497 e. The molecule has 0 amide bonds. The fourth-order valence-electron chi connectivity index (χ4n) is 2.68. The lowest BCUT2D eigenvalue weighted by Gasteiger charge is -2.27. The summed E-state index contributed by atoms with van der Waals surface area (Å²) in [6, 6.07) is 7.19. The van der Waals surface area contributed by atoms with E-state index in [0.717, 1.165) is 16.8 Å². The Morgan fingerprint density at radius 1 is 1.28 bits per heavy atom. The van der Waals surface area contributed by atoms with Crippen LogP contribution in [0.4, 0.5) is 19.0 Å². The van der Waals surface area contributed by atoms with E-state index in [1.165, 1.54) is 19.2 Å². The number of methoxy groups -OCH3 is 1. The van der Waals surface area contributed by atoms with Crippen molar-refractivity contribution in [3.8, 4) is 5.75 Å². The Labute approximate surface area is 168 Å². The molecule has 29 heavy (non-hydrogen) atoms. The van der Waals surface area contributed by atoms with Crippen molar-refractivity contribution in [2.45, 2.75) is 19.8 Å². The number of esters is 1. The molecule has 0 aliphatic rings.